The van der Waals surface area contributed by atoms with Gasteiger partial charge in [-0.15, -0.1) is 0 Å². The molecule has 4 saturated carbocycles. The maximum atomic E-state index is 3.98. The molecule has 4 nitrogen and oxygen atoms in total. The van der Waals surface area contributed by atoms with Gasteiger partial charge in [0.1, 0.15) is 0 Å². The SMILES string of the molecule is CC1C=CC2=C(C1)C1(c3ccccc3N2C2[NH2+]C(c3ccccc3)NC(c3ccccc3)[NH2+]2)C2CC3CC(C2)C1C3. The Balaban J connectivity index is 1.21. The van der Waals surface area contributed by atoms with E-state index in [0.29, 0.717) is 5.92 Å². The first-order valence-corrected chi connectivity index (χ1v) is 16.1. The average Bonchev–Trinajstić information content (AvgIpc) is 3.43. The molecular formula is C37H42N4+2. The van der Waals surface area contributed by atoms with Crippen molar-refractivity contribution in [2.45, 2.75) is 63.1 Å². The Morgan fingerprint density at radius 1 is 0.780 bits per heavy atom. The highest BCUT2D eigenvalue weighted by Crippen LogP contribution is 2.72. The third kappa shape index (κ3) is 3.51. The quantitative estimate of drug-likeness (QED) is 0.433. The number of fused-ring (bicyclic) bond motifs is 1. The van der Waals surface area contributed by atoms with Crippen molar-refractivity contribution in [3.63, 3.8) is 0 Å². The Labute approximate surface area is 243 Å². The van der Waals surface area contributed by atoms with Gasteiger partial charge in [0.2, 0.25) is 0 Å². The summed E-state index contributed by atoms with van der Waals surface area (Å²) in [6.45, 7) is 2.43. The monoisotopic (exact) mass is 542 g/mol. The van der Waals surface area contributed by atoms with Gasteiger partial charge in [-0.05, 0) is 85.0 Å². The molecule has 3 aromatic rings. The molecule has 1 spiro atoms. The van der Waals surface area contributed by atoms with E-state index < -0.39 is 0 Å². The summed E-state index contributed by atoms with van der Waals surface area (Å²) in [6.07, 6.45) is 12.6. The number of quaternary nitrogens is 2. The van der Waals surface area contributed by atoms with Gasteiger partial charge >= 0.3 is 6.29 Å². The second-order valence-corrected chi connectivity index (χ2v) is 13.9. The number of anilines is 1. The van der Waals surface area contributed by atoms with Gasteiger partial charge in [-0.1, -0.05) is 91.9 Å². The molecule has 5 fully saturated rings. The third-order valence-corrected chi connectivity index (χ3v) is 11.8. The van der Waals surface area contributed by atoms with Gasteiger partial charge in [-0.25, -0.2) is 10.2 Å². The van der Waals surface area contributed by atoms with Crippen LogP contribution in [-0.4, -0.2) is 6.29 Å². The van der Waals surface area contributed by atoms with Gasteiger partial charge in [0.05, 0.1) is 11.4 Å². The zero-order valence-electron chi connectivity index (χ0n) is 24.0. The topological polar surface area (TPSA) is 48.5 Å². The molecule has 2 heterocycles. The first kappa shape index (κ1) is 24.4. The molecule has 208 valence electrons. The minimum absolute atomic E-state index is 0.174. The number of nitrogens with one attached hydrogen (secondary N) is 1. The van der Waals surface area contributed by atoms with E-state index in [-0.39, 0.29) is 24.0 Å². The van der Waals surface area contributed by atoms with Crippen molar-refractivity contribution in [3.8, 4) is 0 Å². The number of rotatable bonds is 3. The van der Waals surface area contributed by atoms with Crippen molar-refractivity contribution in [3.05, 3.63) is 125 Å². The zero-order chi connectivity index (χ0) is 27.1. The fourth-order valence-electron chi connectivity index (χ4n) is 10.5. The van der Waals surface area contributed by atoms with Crippen molar-refractivity contribution >= 4 is 5.69 Å². The number of para-hydroxylation sites is 1. The highest BCUT2D eigenvalue weighted by molar-refractivity contribution is 5.71. The summed E-state index contributed by atoms with van der Waals surface area (Å²) in [7, 11) is 0. The van der Waals surface area contributed by atoms with E-state index in [4.69, 9.17) is 0 Å². The van der Waals surface area contributed by atoms with Gasteiger partial charge in [-0.3, -0.25) is 10.6 Å². The molecule has 7 aliphatic rings. The molecule has 8 unspecified atom stereocenters. The van der Waals surface area contributed by atoms with Crippen LogP contribution in [0.4, 0.5) is 5.69 Å². The highest BCUT2D eigenvalue weighted by Gasteiger charge is 2.66. The van der Waals surface area contributed by atoms with Crippen LogP contribution in [-0.2, 0) is 5.41 Å². The second-order valence-electron chi connectivity index (χ2n) is 13.9. The predicted octanol–water partition coefficient (Wildman–Crippen LogP) is 5.07. The van der Waals surface area contributed by atoms with Gasteiger partial charge in [0, 0.05) is 16.5 Å². The minimum Gasteiger partial charge on any atom is -0.259 e. The summed E-state index contributed by atoms with van der Waals surface area (Å²) >= 11 is 0. The molecule has 2 aliphatic heterocycles. The zero-order valence-corrected chi connectivity index (χ0v) is 24.0. The van der Waals surface area contributed by atoms with E-state index in [1.54, 1.807) is 11.1 Å². The van der Waals surface area contributed by atoms with Crippen molar-refractivity contribution < 1.29 is 10.6 Å². The molecule has 5 aliphatic carbocycles. The van der Waals surface area contributed by atoms with Gasteiger partial charge < -0.3 is 0 Å². The van der Waals surface area contributed by atoms with Crippen molar-refractivity contribution in [2.24, 2.45) is 29.6 Å². The minimum atomic E-state index is 0.174. The number of hydrogen-bond donors (Lipinski definition) is 3. The summed E-state index contributed by atoms with van der Waals surface area (Å²) in [4.78, 5) is 2.74. The molecule has 0 aromatic heterocycles. The second kappa shape index (κ2) is 9.16. The molecule has 0 radical (unpaired) electrons. The molecule has 0 amide bonds. The average molecular weight is 543 g/mol. The lowest BCUT2D eigenvalue weighted by Gasteiger charge is -2.54. The Morgan fingerprint density at radius 2 is 1.46 bits per heavy atom. The molecule has 4 heteroatoms. The number of benzene rings is 3. The lowest BCUT2D eigenvalue weighted by Crippen LogP contribution is -3.20. The lowest BCUT2D eigenvalue weighted by molar-refractivity contribution is -0.963. The third-order valence-electron chi connectivity index (χ3n) is 11.8. The maximum absolute atomic E-state index is 3.98. The Kier molecular flexibility index (Phi) is 5.46. The van der Waals surface area contributed by atoms with E-state index in [1.807, 2.05) is 0 Å². The van der Waals surface area contributed by atoms with Crippen LogP contribution in [0.1, 0.15) is 68.0 Å². The standard InChI is InChI=1S/C37H40N4/c1-23-16-17-33-31(18-23)37(28-20-24-19-27(22-28)30(37)21-24)29-14-8-9-15-32(29)41(33)36-39-34(25-10-4-2-5-11-25)38-35(40-36)26-12-6-3-7-13-26/h2-17,23-24,27-28,30,34-36,38-40H,18-22H2,1H3/p+2. The van der Waals surface area contributed by atoms with Crippen LogP contribution < -0.4 is 20.9 Å². The van der Waals surface area contributed by atoms with Crippen molar-refractivity contribution in [2.75, 3.05) is 4.90 Å². The normalized spacial score (nSPS) is 38.4. The summed E-state index contributed by atoms with van der Waals surface area (Å²) in [5.41, 5.74) is 9.30. The largest absolute Gasteiger partial charge is 0.301 e. The summed E-state index contributed by atoms with van der Waals surface area (Å²) in [5.74, 6) is 4.14. The molecular weight excluding hydrogens is 500 g/mol. The molecule has 41 heavy (non-hydrogen) atoms. The van der Waals surface area contributed by atoms with E-state index in [0.717, 1.165) is 23.7 Å². The van der Waals surface area contributed by atoms with Crippen LogP contribution in [0, 0.1) is 29.6 Å². The Bertz CT molecular complexity index is 1480. The van der Waals surface area contributed by atoms with Crippen LogP contribution >= 0.6 is 0 Å². The van der Waals surface area contributed by atoms with Crippen LogP contribution in [0.15, 0.2) is 108 Å². The van der Waals surface area contributed by atoms with Crippen LogP contribution in [0.5, 0.6) is 0 Å². The van der Waals surface area contributed by atoms with E-state index >= 15 is 0 Å². The first-order chi connectivity index (χ1) is 20.2. The Hall–Kier alpha value is -3.18. The van der Waals surface area contributed by atoms with Gasteiger partial charge in [-0.2, -0.15) is 0 Å². The smallest absolute Gasteiger partial charge is 0.259 e. The number of allylic oxidation sites excluding steroid dienone is 3. The molecule has 1 saturated heterocycles. The molecule has 3 aromatic carbocycles. The van der Waals surface area contributed by atoms with Gasteiger partial charge in [0.25, 0.3) is 0 Å². The van der Waals surface area contributed by atoms with E-state index in [9.17, 15) is 0 Å². The first-order valence-electron chi connectivity index (χ1n) is 16.1. The summed E-state index contributed by atoms with van der Waals surface area (Å²) in [5, 5.41) is 9.10. The van der Waals surface area contributed by atoms with E-state index in [1.165, 1.54) is 54.6 Å². The fraction of sp³-hybridized carbons (Fsp3) is 0.405. The highest BCUT2D eigenvalue weighted by atomic mass is 15.5. The van der Waals surface area contributed by atoms with Crippen LogP contribution in [0.2, 0.25) is 0 Å². The lowest BCUT2D eigenvalue weighted by atomic mass is 9.54. The van der Waals surface area contributed by atoms with Crippen LogP contribution in [0.25, 0.3) is 0 Å². The molecule has 10 rings (SSSR count). The number of nitrogens with zero attached hydrogens (tertiary/aromatic N) is 1. The number of nitrogens with two attached hydrogens (primary N) is 2. The molecule has 4 bridgehead atoms. The number of hydrogen-bond acceptors (Lipinski definition) is 2. The van der Waals surface area contributed by atoms with Crippen molar-refractivity contribution in [1.29, 1.82) is 0 Å². The molecule has 5 N–H and O–H groups in total. The summed E-state index contributed by atoms with van der Waals surface area (Å²) < 4.78 is 0. The fourth-order valence-corrected chi connectivity index (χ4v) is 10.5. The van der Waals surface area contributed by atoms with E-state index in [2.05, 4.69) is 125 Å². The summed E-state index contributed by atoms with van der Waals surface area (Å²) in [6, 6.07) is 31.6. The predicted molar refractivity (Wildman–Crippen MR) is 162 cm³/mol. The Morgan fingerprint density at radius 3 is 2.17 bits per heavy atom. The van der Waals surface area contributed by atoms with Gasteiger partial charge in [0.15, 0.2) is 12.3 Å². The van der Waals surface area contributed by atoms with Crippen LogP contribution in [0.3, 0.4) is 0 Å². The maximum Gasteiger partial charge on any atom is 0.301 e. The molecule has 8 atom stereocenters. The van der Waals surface area contributed by atoms with Crippen molar-refractivity contribution in [1.82, 2.24) is 5.32 Å².